The Morgan fingerprint density at radius 1 is 1.36 bits per heavy atom. The van der Waals surface area contributed by atoms with Gasteiger partial charge in [-0.1, -0.05) is 11.3 Å². The second-order valence-corrected chi connectivity index (χ2v) is 7.94. The number of aliphatic hydroxyl groups excluding tert-OH is 1. The van der Waals surface area contributed by atoms with Gasteiger partial charge in [-0.25, -0.2) is 14.6 Å². The third kappa shape index (κ3) is 4.60. The minimum absolute atomic E-state index is 0.0891. The summed E-state index contributed by atoms with van der Waals surface area (Å²) in [5.74, 6) is -0.534. The molecule has 1 amide bonds. The maximum atomic E-state index is 12.3. The predicted molar refractivity (Wildman–Crippen MR) is 94.0 cm³/mol. The van der Waals surface area contributed by atoms with Crippen LogP contribution >= 0.6 is 11.3 Å². The first-order valence-corrected chi connectivity index (χ1v) is 8.91. The number of anilines is 1. The number of rotatable bonds is 3. The monoisotopic (exact) mass is 371 g/mol. The van der Waals surface area contributed by atoms with Crippen LogP contribution in [0.1, 0.15) is 43.2 Å². The molecule has 1 atom stereocenters. The van der Waals surface area contributed by atoms with E-state index in [1.165, 1.54) is 18.4 Å². The molecule has 0 spiro atoms. The van der Waals surface area contributed by atoms with E-state index in [1.54, 1.807) is 4.90 Å². The molecule has 140 valence electrons. The number of methoxy groups -OCH3 is 1. The smallest absolute Gasteiger partial charge is 0.410 e. The number of piperazine rings is 1. The van der Waals surface area contributed by atoms with Crippen LogP contribution in [-0.4, -0.2) is 65.4 Å². The lowest BCUT2D eigenvalue weighted by Gasteiger charge is -2.40. The average Bonchev–Trinajstić information content (AvgIpc) is 2.96. The summed E-state index contributed by atoms with van der Waals surface area (Å²) in [6, 6.07) is -0.0891. The third-order valence-electron chi connectivity index (χ3n) is 3.71. The largest absolute Gasteiger partial charge is 0.464 e. The second-order valence-electron chi connectivity index (χ2n) is 6.88. The Morgan fingerprint density at radius 3 is 2.56 bits per heavy atom. The Labute approximate surface area is 151 Å². The molecule has 1 aliphatic heterocycles. The van der Waals surface area contributed by atoms with Crippen molar-refractivity contribution in [3.63, 3.8) is 0 Å². The van der Waals surface area contributed by atoms with Gasteiger partial charge in [0.05, 0.1) is 13.7 Å². The molecular weight excluding hydrogens is 346 g/mol. The first-order chi connectivity index (χ1) is 11.7. The van der Waals surface area contributed by atoms with E-state index in [0.717, 1.165) is 0 Å². The summed E-state index contributed by atoms with van der Waals surface area (Å²) in [4.78, 5) is 32.1. The Kier molecular flexibility index (Phi) is 5.89. The van der Waals surface area contributed by atoms with Crippen molar-refractivity contribution in [1.82, 2.24) is 9.88 Å². The van der Waals surface area contributed by atoms with Crippen LogP contribution < -0.4 is 4.90 Å². The maximum absolute atomic E-state index is 12.3. The molecule has 0 unspecified atom stereocenters. The van der Waals surface area contributed by atoms with Crippen LogP contribution in [0.25, 0.3) is 0 Å². The zero-order chi connectivity index (χ0) is 18.8. The lowest BCUT2D eigenvalue weighted by Crippen LogP contribution is -2.55. The van der Waals surface area contributed by atoms with Gasteiger partial charge in [0.25, 0.3) is 0 Å². The lowest BCUT2D eigenvalue weighted by molar-refractivity contribution is 0.0158. The van der Waals surface area contributed by atoms with E-state index in [1.807, 2.05) is 32.6 Å². The highest BCUT2D eigenvalue weighted by Gasteiger charge is 2.33. The van der Waals surface area contributed by atoms with Crippen molar-refractivity contribution in [2.75, 3.05) is 31.6 Å². The first-order valence-electron chi connectivity index (χ1n) is 8.09. The number of thiazole rings is 1. The molecule has 0 radical (unpaired) electrons. The van der Waals surface area contributed by atoms with E-state index in [-0.39, 0.29) is 24.4 Å². The second kappa shape index (κ2) is 7.57. The predicted octanol–water partition coefficient (Wildman–Crippen LogP) is 1.87. The van der Waals surface area contributed by atoms with Gasteiger partial charge >= 0.3 is 12.1 Å². The molecule has 0 saturated carbocycles. The first kappa shape index (κ1) is 19.5. The highest BCUT2D eigenvalue weighted by atomic mass is 32.1. The molecule has 0 bridgehead atoms. The van der Waals surface area contributed by atoms with Gasteiger partial charge in [-0.3, -0.25) is 0 Å². The van der Waals surface area contributed by atoms with Crippen LogP contribution in [0.2, 0.25) is 0 Å². The summed E-state index contributed by atoms with van der Waals surface area (Å²) in [6.07, 6.45) is -0.340. The molecule has 0 aliphatic carbocycles. The topological polar surface area (TPSA) is 92.2 Å². The fourth-order valence-electron chi connectivity index (χ4n) is 2.60. The van der Waals surface area contributed by atoms with E-state index in [2.05, 4.69) is 4.98 Å². The van der Waals surface area contributed by atoms with Crippen LogP contribution in [0.3, 0.4) is 0 Å². The molecular formula is C16H25N3O5S. The summed E-state index contributed by atoms with van der Waals surface area (Å²) in [5.41, 5.74) is -0.339. The molecule has 8 nitrogen and oxygen atoms in total. The summed E-state index contributed by atoms with van der Waals surface area (Å²) in [5, 5.41) is 10.4. The molecule has 1 aliphatic rings. The van der Waals surface area contributed by atoms with E-state index in [9.17, 15) is 14.7 Å². The van der Waals surface area contributed by atoms with Gasteiger partial charge in [0.15, 0.2) is 5.69 Å². The molecule has 1 saturated heterocycles. The summed E-state index contributed by atoms with van der Waals surface area (Å²) in [6.45, 7) is 8.76. The average molecular weight is 371 g/mol. The molecule has 1 fully saturated rings. The normalized spacial score (nSPS) is 18.2. The number of aromatic nitrogens is 1. The van der Waals surface area contributed by atoms with Crippen LogP contribution in [0.5, 0.6) is 0 Å². The number of hydrogen-bond acceptors (Lipinski definition) is 8. The maximum Gasteiger partial charge on any atom is 0.410 e. The fourth-order valence-corrected chi connectivity index (χ4v) is 3.55. The van der Waals surface area contributed by atoms with E-state index < -0.39 is 11.6 Å². The SMILES string of the molecule is COC(=O)c1nc(CO)sc1N1CCN(C(=O)OC(C)(C)C)[C@H](C)C1. The van der Waals surface area contributed by atoms with Crippen molar-refractivity contribution >= 4 is 28.4 Å². The molecule has 2 rings (SSSR count). The van der Waals surface area contributed by atoms with E-state index in [0.29, 0.717) is 29.6 Å². The van der Waals surface area contributed by atoms with Crippen molar-refractivity contribution in [3.05, 3.63) is 10.7 Å². The number of aliphatic hydroxyl groups is 1. The zero-order valence-corrected chi connectivity index (χ0v) is 16.1. The third-order valence-corrected chi connectivity index (χ3v) is 4.81. The molecule has 1 aromatic heterocycles. The van der Waals surface area contributed by atoms with Gasteiger partial charge in [0, 0.05) is 25.7 Å². The van der Waals surface area contributed by atoms with Crippen molar-refractivity contribution in [1.29, 1.82) is 0 Å². The zero-order valence-electron chi connectivity index (χ0n) is 15.2. The number of amides is 1. The Balaban J connectivity index is 2.14. The summed E-state index contributed by atoms with van der Waals surface area (Å²) >= 11 is 1.26. The Bertz CT molecular complexity index is 640. The van der Waals surface area contributed by atoms with Gasteiger partial charge < -0.3 is 24.4 Å². The minimum Gasteiger partial charge on any atom is -0.464 e. The number of carbonyl (C=O) groups excluding carboxylic acids is 2. The summed E-state index contributed by atoms with van der Waals surface area (Å²) < 4.78 is 10.2. The number of nitrogens with zero attached hydrogens (tertiary/aromatic N) is 3. The molecule has 1 aromatic rings. The van der Waals surface area contributed by atoms with Gasteiger partial charge in [0.1, 0.15) is 15.6 Å². The summed E-state index contributed by atoms with van der Waals surface area (Å²) in [7, 11) is 1.30. The molecule has 9 heteroatoms. The van der Waals surface area contributed by atoms with Crippen molar-refractivity contribution in [2.24, 2.45) is 0 Å². The van der Waals surface area contributed by atoms with Gasteiger partial charge in [-0.05, 0) is 27.7 Å². The Morgan fingerprint density at radius 2 is 2.04 bits per heavy atom. The lowest BCUT2D eigenvalue weighted by atomic mass is 10.2. The number of ether oxygens (including phenoxy) is 2. The van der Waals surface area contributed by atoms with E-state index in [4.69, 9.17) is 9.47 Å². The minimum atomic E-state index is -0.542. The number of carbonyl (C=O) groups is 2. The van der Waals surface area contributed by atoms with E-state index >= 15 is 0 Å². The van der Waals surface area contributed by atoms with Crippen molar-refractivity contribution in [2.45, 2.75) is 45.9 Å². The van der Waals surface area contributed by atoms with Gasteiger partial charge in [0.2, 0.25) is 0 Å². The number of esters is 1. The molecule has 25 heavy (non-hydrogen) atoms. The van der Waals surface area contributed by atoms with Crippen molar-refractivity contribution in [3.8, 4) is 0 Å². The highest BCUT2D eigenvalue weighted by molar-refractivity contribution is 7.16. The quantitative estimate of drug-likeness (QED) is 0.811. The standard InChI is InChI=1S/C16H25N3O5S/c1-10-8-18(6-7-19(10)15(22)24-16(2,3)4)13-12(14(21)23-5)17-11(9-20)25-13/h10,20H,6-9H2,1-5H3/t10-/m1/s1. The fraction of sp³-hybridized carbons (Fsp3) is 0.688. The van der Waals surface area contributed by atoms with Gasteiger partial charge in [-0.2, -0.15) is 0 Å². The van der Waals surface area contributed by atoms with Crippen molar-refractivity contribution < 1.29 is 24.2 Å². The van der Waals surface area contributed by atoms with Crippen LogP contribution in [0.4, 0.5) is 9.80 Å². The molecule has 2 heterocycles. The highest BCUT2D eigenvalue weighted by Crippen LogP contribution is 2.31. The van der Waals surface area contributed by atoms with Gasteiger partial charge in [-0.15, -0.1) is 0 Å². The molecule has 1 N–H and O–H groups in total. The molecule has 0 aromatic carbocycles. The Hall–Kier alpha value is -1.87. The number of hydrogen-bond donors (Lipinski definition) is 1. The van der Waals surface area contributed by atoms with Crippen LogP contribution in [0.15, 0.2) is 0 Å². The van der Waals surface area contributed by atoms with Crippen LogP contribution in [-0.2, 0) is 16.1 Å². The van der Waals surface area contributed by atoms with Crippen LogP contribution in [0, 0.1) is 0 Å².